The van der Waals surface area contributed by atoms with Crippen LogP contribution >= 0.6 is 0 Å². The van der Waals surface area contributed by atoms with Crippen LogP contribution in [0.2, 0.25) is 0 Å². The zero-order chi connectivity index (χ0) is 17.4. The van der Waals surface area contributed by atoms with E-state index in [0.29, 0.717) is 32.5 Å². The summed E-state index contributed by atoms with van der Waals surface area (Å²) in [6, 6.07) is 7.79. The summed E-state index contributed by atoms with van der Waals surface area (Å²) in [4.78, 5) is 14.5. The molecule has 0 aliphatic carbocycles. The molecule has 1 aromatic carbocycles. The second-order valence-corrected chi connectivity index (χ2v) is 5.64. The number of methoxy groups -OCH3 is 2. The van der Waals surface area contributed by atoms with E-state index in [4.69, 9.17) is 9.47 Å². The molecule has 2 rings (SSSR count). The van der Waals surface area contributed by atoms with Crippen LogP contribution in [-0.4, -0.2) is 48.0 Å². The van der Waals surface area contributed by atoms with E-state index < -0.39 is 0 Å². The summed E-state index contributed by atoms with van der Waals surface area (Å²) >= 11 is 0. The number of aryl methyl sites for hydroxylation is 2. The van der Waals surface area contributed by atoms with Crippen molar-refractivity contribution in [3.8, 4) is 5.75 Å². The molecule has 0 saturated carbocycles. The van der Waals surface area contributed by atoms with E-state index in [2.05, 4.69) is 5.10 Å². The third-order valence-electron chi connectivity index (χ3n) is 3.85. The predicted molar refractivity (Wildman–Crippen MR) is 91.8 cm³/mol. The number of nitrogens with zero attached hydrogens (tertiary/aromatic N) is 3. The summed E-state index contributed by atoms with van der Waals surface area (Å²) < 4.78 is 12.2. The molecular weight excluding hydrogens is 306 g/mol. The Kier molecular flexibility index (Phi) is 6.81. The number of amides is 1. The van der Waals surface area contributed by atoms with Crippen LogP contribution in [0.15, 0.2) is 36.7 Å². The average molecular weight is 331 g/mol. The standard InChI is InChI=1S/C18H25N3O3/c1-20-13-15(12-19-20)14-21(10-11-23-2)18(22)9-8-16-6-4-5-7-17(16)24-3/h4-7,12-13H,8-11,14H2,1-3H3. The highest BCUT2D eigenvalue weighted by Crippen LogP contribution is 2.19. The number of ether oxygens (including phenoxy) is 2. The number of hydrogen-bond acceptors (Lipinski definition) is 4. The van der Waals surface area contributed by atoms with Gasteiger partial charge in [-0.1, -0.05) is 18.2 Å². The van der Waals surface area contributed by atoms with E-state index in [-0.39, 0.29) is 5.91 Å². The Morgan fingerprint density at radius 2 is 2.08 bits per heavy atom. The molecule has 0 fully saturated rings. The Morgan fingerprint density at radius 3 is 2.75 bits per heavy atom. The Balaban J connectivity index is 1.98. The van der Waals surface area contributed by atoms with Gasteiger partial charge in [0.25, 0.3) is 0 Å². The maximum atomic E-state index is 12.6. The van der Waals surface area contributed by atoms with Crippen molar-refractivity contribution in [2.45, 2.75) is 19.4 Å². The lowest BCUT2D eigenvalue weighted by atomic mass is 10.1. The Hall–Kier alpha value is -2.34. The van der Waals surface area contributed by atoms with Gasteiger partial charge in [-0.05, 0) is 18.1 Å². The third-order valence-corrected chi connectivity index (χ3v) is 3.85. The van der Waals surface area contributed by atoms with Crippen molar-refractivity contribution in [3.05, 3.63) is 47.8 Å². The molecule has 0 radical (unpaired) electrons. The fourth-order valence-electron chi connectivity index (χ4n) is 2.58. The van der Waals surface area contributed by atoms with Crippen LogP contribution < -0.4 is 4.74 Å². The van der Waals surface area contributed by atoms with Gasteiger partial charge in [0.2, 0.25) is 5.91 Å². The van der Waals surface area contributed by atoms with Crippen molar-refractivity contribution in [3.63, 3.8) is 0 Å². The number of hydrogen-bond donors (Lipinski definition) is 0. The molecule has 24 heavy (non-hydrogen) atoms. The number of para-hydroxylation sites is 1. The number of carbonyl (C=O) groups excluding carboxylic acids is 1. The summed E-state index contributed by atoms with van der Waals surface area (Å²) in [5.74, 6) is 0.919. The van der Waals surface area contributed by atoms with E-state index in [9.17, 15) is 4.79 Å². The molecule has 6 nitrogen and oxygen atoms in total. The molecule has 6 heteroatoms. The first-order chi connectivity index (χ1) is 11.6. The van der Waals surface area contributed by atoms with Crippen LogP contribution in [0.4, 0.5) is 0 Å². The fraction of sp³-hybridized carbons (Fsp3) is 0.444. The molecule has 0 atom stereocenters. The fourth-order valence-corrected chi connectivity index (χ4v) is 2.58. The molecule has 0 bridgehead atoms. The summed E-state index contributed by atoms with van der Waals surface area (Å²) in [6.07, 6.45) is 4.80. The van der Waals surface area contributed by atoms with Gasteiger partial charge in [-0.2, -0.15) is 5.10 Å². The SMILES string of the molecule is COCCN(Cc1cnn(C)c1)C(=O)CCc1ccccc1OC. The molecule has 0 spiro atoms. The lowest BCUT2D eigenvalue weighted by Gasteiger charge is -2.22. The van der Waals surface area contributed by atoms with Crippen LogP contribution in [0.1, 0.15) is 17.5 Å². The quantitative estimate of drug-likeness (QED) is 0.705. The normalized spacial score (nSPS) is 10.6. The number of aromatic nitrogens is 2. The average Bonchev–Trinajstić information content (AvgIpc) is 3.01. The highest BCUT2D eigenvalue weighted by Gasteiger charge is 2.15. The van der Waals surface area contributed by atoms with E-state index in [1.165, 1.54) is 0 Å². The number of rotatable bonds is 9. The maximum Gasteiger partial charge on any atom is 0.223 e. The zero-order valence-electron chi connectivity index (χ0n) is 14.6. The van der Waals surface area contributed by atoms with Crippen molar-refractivity contribution in [1.82, 2.24) is 14.7 Å². The van der Waals surface area contributed by atoms with Crippen molar-refractivity contribution in [1.29, 1.82) is 0 Å². The number of carbonyl (C=O) groups is 1. The summed E-state index contributed by atoms with van der Waals surface area (Å²) in [7, 11) is 5.15. The van der Waals surface area contributed by atoms with Crippen molar-refractivity contribution in [2.24, 2.45) is 7.05 Å². The van der Waals surface area contributed by atoms with Crippen LogP contribution in [0, 0.1) is 0 Å². The Labute approximate surface area is 143 Å². The molecule has 1 heterocycles. The van der Waals surface area contributed by atoms with Crippen molar-refractivity contribution >= 4 is 5.91 Å². The molecule has 0 aliphatic heterocycles. The van der Waals surface area contributed by atoms with Gasteiger partial charge in [0, 0.05) is 45.4 Å². The first kappa shape index (κ1) is 18.0. The maximum absolute atomic E-state index is 12.6. The highest BCUT2D eigenvalue weighted by molar-refractivity contribution is 5.76. The van der Waals surface area contributed by atoms with Gasteiger partial charge in [0.05, 0.1) is 19.9 Å². The van der Waals surface area contributed by atoms with E-state index in [1.807, 2.05) is 42.4 Å². The summed E-state index contributed by atoms with van der Waals surface area (Å²) in [5.41, 5.74) is 2.06. The van der Waals surface area contributed by atoms with E-state index >= 15 is 0 Å². The topological polar surface area (TPSA) is 56.6 Å². The van der Waals surface area contributed by atoms with Gasteiger partial charge in [-0.25, -0.2) is 0 Å². The third kappa shape index (κ3) is 5.09. The Bertz CT molecular complexity index is 654. The van der Waals surface area contributed by atoms with Crippen LogP contribution in [0.25, 0.3) is 0 Å². The largest absolute Gasteiger partial charge is 0.496 e. The second kappa shape index (κ2) is 9.08. The van der Waals surface area contributed by atoms with Gasteiger partial charge in [0.15, 0.2) is 0 Å². The molecule has 0 saturated heterocycles. The highest BCUT2D eigenvalue weighted by atomic mass is 16.5. The molecular formula is C18H25N3O3. The molecule has 0 unspecified atom stereocenters. The monoisotopic (exact) mass is 331 g/mol. The first-order valence-electron chi connectivity index (χ1n) is 8.00. The van der Waals surface area contributed by atoms with Crippen molar-refractivity contribution in [2.75, 3.05) is 27.4 Å². The minimum atomic E-state index is 0.0989. The summed E-state index contributed by atoms with van der Waals surface area (Å²) in [5, 5.41) is 4.16. The van der Waals surface area contributed by atoms with Gasteiger partial charge in [0.1, 0.15) is 5.75 Å². The van der Waals surface area contributed by atoms with Gasteiger partial charge < -0.3 is 14.4 Å². The first-order valence-corrected chi connectivity index (χ1v) is 8.00. The summed E-state index contributed by atoms with van der Waals surface area (Å²) in [6.45, 7) is 1.62. The smallest absolute Gasteiger partial charge is 0.223 e. The van der Waals surface area contributed by atoms with Crippen LogP contribution in [0.3, 0.4) is 0 Å². The van der Waals surface area contributed by atoms with Gasteiger partial charge in [-0.15, -0.1) is 0 Å². The lowest BCUT2D eigenvalue weighted by molar-refractivity contribution is -0.132. The Morgan fingerprint density at radius 1 is 1.29 bits per heavy atom. The van der Waals surface area contributed by atoms with E-state index in [0.717, 1.165) is 16.9 Å². The minimum absolute atomic E-state index is 0.0989. The second-order valence-electron chi connectivity index (χ2n) is 5.64. The minimum Gasteiger partial charge on any atom is -0.496 e. The molecule has 2 aromatic rings. The molecule has 1 amide bonds. The van der Waals surface area contributed by atoms with Crippen molar-refractivity contribution < 1.29 is 14.3 Å². The molecule has 130 valence electrons. The molecule has 0 N–H and O–H groups in total. The zero-order valence-corrected chi connectivity index (χ0v) is 14.6. The number of benzene rings is 1. The van der Waals surface area contributed by atoms with E-state index in [1.54, 1.807) is 25.1 Å². The van der Waals surface area contributed by atoms with Crippen LogP contribution in [0.5, 0.6) is 5.75 Å². The molecule has 0 aliphatic rings. The predicted octanol–water partition coefficient (Wildman–Crippen LogP) is 2.04. The lowest BCUT2D eigenvalue weighted by Crippen LogP contribution is -2.33. The van der Waals surface area contributed by atoms with Gasteiger partial charge in [-0.3, -0.25) is 9.48 Å². The van der Waals surface area contributed by atoms with Crippen LogP contribution in [-0.2, 0) is 29.5 Å². The van der Waals surface area contributed by atoms with Gasteiger partial charge >= 0.3 is 0 Å². The molecule has 1 aromatic heterocycles.